The van der Waals surface area contributed by atoms with Crippen LogP contribution >= 0.6 is 0 Å². The molecule has 1 saturated carbocycles. The van der Waals surface area contributed by atoms with Gasteiger partial charge in [0.05, 0.1) is 22.8 Å². The highest BCUT2D eigenvalue weighted by Crippen LogP contribution is 2.38. The molecule has 1 unspecified atom stereocenters. The minimum absolute atomic E-state index is 0.0432. The lowest BCUT2D eigenvalue weighted by Crippen LogP contribution is -2.30. The molecule has 1 amide bonds. The predicted octanol–water partition coefficient (Wildman–Crippen LogP) is 6.52. The van der Waals surface area contributed by atoms with Crippen LogP contribution in [0.4, 0.5) is 13.2 Å². The van der Waals surface area contributed by atoms with Crippen LogP contribution in [0.2, 0.25) is 0 Å². The van der Waals surface area contributed by atoms with Gasteiger partial charge in [-0.25, -0.2) is 4.98 Å². The molecule has 0 spiro atoms. The first-order valence-corrected chi connectivity index (χ1v) is 13.2. The van der Waals surface area contributed by atoms with E-state index in [9.17, 15) is 18.0 Å². The number of imidazole rings is 1. The fraction of sp³-hybridized carbons (Fsp3) is 0.300. The number of nitrogens with one attached hydrogen (secondary N) is 1. The van der Waals surface area contributed by atoms with Gasteiger partial charge in [0, 0.05) is 36.5 Å². The van der Waals surface area contributed by atoms with Crippen LogP contribution in [0, 0.1) is 11.8 Å². The molecule has 2 fully saturated rings. The van der Waals surface area contributed by atoms with Gasteiger partial charge in [-0.1, -0.05) is 36.4 Å². The zero-order valence-corrected chi connectivity index (χ0v) is 21.1. The van der Waals surface area contributed by atoms with Crippen molar-refractivity contribution in [2.45, 2.75) is 32.0 Å². The van der Waals surface area contributed by atoms with Gasteiger partial charge in [0.2, 0.25) is 5.91 Å². The molecule has 3 aromatic carbocycles. The lowest BCUT2D eigenvalue weighted by molar-refractivity contribution is -0.136. The van der Waals surface area contributed by atoms with Crippen molar-refractivity contribution in [2.75, 3.05) is 13.1 Å². The van der Waals surface area contributed by atoms with Crippen LogP contribution in [-0.4, -0.2) is 43.6 Å². The quantitative estimate of drug-likeness (QED) is 0.282. The van der Waals surface area contributed by atoms with Gasteiger partial charge in [-0.05, 0) is 60.6 Å². The van der Waals surface area contributed by atoms with Gasteiger partial charge >= 0.3 is 6.18 Å². The van der Waals surface area contributed by atoms with Crippen LogP contribution in [0.15, 0.2) is 66.9 Å². The lowest BCUT2D eigenvalue weighted by Gasteiger charge is -2.18. The van der Waals surface area contributed by atoms with Crippen LogP contribution in [-0.2, 0) is 17.5 Å². The summed E-state index contributed by atoms with van der Waals surface area (Å²) in [6, 6.07) is 18.0. The maximum absolute atomic E-state index is 13.9. The fourth-order valence-corrected chi connectivity index (χ4v) is 5.74. The summed E-state index contributed by atoms with van der Waals surface area (Å²) in [6.45, 7) is 1.83. The maximum atomic E-state index is 13.9. The molecular formula is C30H26F3N5O. The molecule has 0 bridgehead atoms. The number of halogens is 3. The lowest BCUT2D eigenvalue weighted by atomic mass is 10.0. The Bertz CT molecular complexity index is 1700. The highest BCUT2D eigenvalue weighted by molar-refractivity contribution is 5.86. The number of rotatable bonds is 5. The van der Waals surface area contributed by atoms with Gasteiger partial charge in [0.15, 0.2) is 0 Å². The number of amides is 1. The maximum Gasteiger partial charge on any atom is 0.418 e. The standard InChI is InChI=1S/C30H26F3N5O/c31-30(32,33)24-2-1-3-26-27(24)35-28(38(26)17-18-12-13-37(16-18)29(39)21-8-9-21)20-6-4-19(5-7-20)22-10-11-25-23(14-22)15-34-36-25/h1-7,10-11,14-15,18,21H,8-9,12-13,16-17H2,(H,34,36). The SMILES string of the molecule is O=C(C1CC1)N1CCC(Cn2c(-c3ccc(-c4ccc5[nH]ncc5c4)cc3)nc3c(C(F)(F)F)cccc32)C1. The molecule has 1 aliphatic carbocycles. The Morgan fingerprint density at radius 2 is 1.74 bits per heavy atom. The zero-order valence-electron chi connectivity index (χ0n) is 21.1. The Labute approximate surface area is 222 Å². The van der Waals surface area contributed by atoms with Gasteiger partial charge in [0.25, 0.3) is 0 Å². The van der Waals surface area contributed by atoms with Crippen LogP contribution in [0.3, 0.4) is 0 Å². The van der Waals surface area contributed by atoms with Crippen LogP contribution in [0.25, 0.3) is 44.5 Å². The van der Waals surface area contributed by atoms with Gasteiger partial charge in [-0.2, -0.15) is 18.3 Å². The van der Waals surface area contributed by atoms with Crippen molar-refractivity contribution in [3.63, 3.8) is 0 Å². The second-order valence-electron chi connectivity index (χ2n) is 10.7. The van der Waals surface area contributed by atoms with E-state index in [-0.39, 0.29) is 23.3 Å². The van der Waals surface area contributed by atoms with E-state index in [0.717, 1.165) is 52.9 Å². The number of benzene rings is 3. The van der Waals surface area contributed by atoms with Crippen molar-refractivity contribution in [2.24, 2.45) is 11.8 Å². The number of carbonyl (C=O) groups excluding carboxylic acids is 1. The van der Waals surface area contributed by atoms with Crippen molar-refractivity contribution in [3.8, 4) is 22.5 Å². The zero-order chi connectivity index (χ0) is 26.7. The third-order valence-electron chi connectivity index (χ3n) is 7.97. The Balaban J connectivity index is 1.26. The van der Waals surface area contributed by atoms with Gasteiger partial charge in [-0.15, -0.1) is 0 Å². The Morgan fingerprint density at radius 3 is 2.51 bits per heavy atom. The van der Waals surface area contributed by atoms with Crippen LogP contribution in [0.5, 0.6) is 0 Å². The first-order valence-electron chi connectivity index (χ1n) is 13.2. The number of nitrogens with zero attached hydrogens (tertiary/aromatic N) is 4. The smallest absolute Gasteiger partial charge is 0.342 e. The molecule has 0 radical (unpaired) electrons. The molecule has 1 atom stereocenters. The van der Waals surface area contributed by atoms with E-state index in [0.29, 0.717) is 31.0 Å². The number of carbonyl (C=O) groups is 1. The molecule has 6 nitrogen and oxygen atoms in total. The number of hydrogen-bond acceptors (Lipinski definition) is 3. The van der Waals surface area contributed by atoms with Crippen LogP contribution in [0.1, 0.15) is 24.8 Å². The predicted molar refractivity (Wildman–Crippen MR) is 143 cm³/mol. The number of likely N-dealkylation sites (tertiary alicyclic amines) is 1. The molecule has 2 aliphatic rings. The second kappa shape index (κ2) is 8.97. The second-order valence-corrected chi connectivity index (χ2v) is 10.7. The number of fused-ring (bicyclic) bond motifs is 2. The molecular weight excluding hydrogens is 503 g/mol. The van der Waals surface area contributed by atoms with Crippen molar-refractivity contribution < 1.29 is 18.0 Å². The summed E-state index contributed by atoms with van der Waals surface area (Å²) in [4.78, 5) is 19.1. The molecule has 5 aromatic rings. The molecule has 3 heterocycles. The summed E-state index contributed by atoms with van der Waals surface area (Å²) in [6.07, 6.45) is 0.0133. The normalized spacial score (nSPS) is 17.9. The average Bonchev–Trinajstić information content (AvgIpc) is 3.32. The summed E-state index contributed by atoms with van der Waals surface area (Å²) in [5, 5.41) is 8.03. The van der Waals surface area contributed by atoms with E-state index in [2.05, 4.69) is 15.2 Å². The molecule has 1 saturated heterocycles. The number of aromatic nitrogens is 4. The summed E-state index contributed by atoms with van der Waals surface area (Å²) >= 11 is 0. The minimum atomic E-state index is -4.51. The highest BCUT2D eigenvalue weighted by Gasteiger charge is 2.38. The number of alkyl halides is 3. The number of H-pyrrole nitrogens is 1. The minimum Gasteiger partial charge on any atom is -0.342 e. The number of para-hydroxylation sites is 1. The third kappa shape index (κ3) is 4.35. The van der Waals surface area contributed by atoms with E-state index in [1.807, 2.05) is 51.9 Å². The van der Waals surface area contributed by atoms with Crippen molar-refractivity contribution in [1.29, 1.82) is 0 Å². The Morgan fingerprint density at radius 1 is 0.974 bits per heavy atom. The first-order chi connectivity index (χ1) is 18.8. The van der Waals surface area contributed by atoms with Crippen molar-refractivity contribution in [1.82, 2.24) is 24.6 Å². The largest absolute Gasteiger partial charge is 0.418 e. The van der Waals surface area contributed by atoms with Crippen molar-refractivity contribution in [3.05, 3.63) is 72.4 Å². The van der Waals surface area contributed by atoms with Crippen LogP contribution < -0.4 is 0 Å². The summed E-state index contributed by atoms with van der Waals surface area (Å²) in [5.41, 5.74) is 3.40. The number of aromatic amines is 1. The average molecular weight is 530 g/mol. The highest BCUT2D eigenvalue weighted by atomic mass is 19.4. The first kappa shape index (κ1) is 23.9. The molecule has 1 aliphatic heterocycles. The van der Waals surface area contributed by atoms with E-state index >= 15 is 0 Å². The third-order valence-corrected chi connectivity index (χ3v) is 7.97. The van der Waals surface area contributed by atoms with Gasteiger partial charge < -0.3 is 9.47 Å². The molecule has 2 aromatic heterocycles. The monoisotopic (exact) mass is 529 g/mol. The Kier molecular flexibility index (Phi) is 5.50. The molecule has 7 rings (SSSR count). The fourth-order valence-electron chi connectivity index (χ4n) is 5.74. The Hall–Kier alpha value is -4.14. The summed E-state index contributed by atoms with van der Waals surface area (Å²) < 4.78 is 43.7. The summed E-state index contributed by atoms with van der Waals surface area (Å²) in [7, 11) is 0. The summed E-state index contributed by atoms with van der Waals surface area (Å²) in [5.74, 6) is 1.04. The van der Waals surface area contributed by atoms with E-state index in [4.69, 9.17) is 0 Å². The van der Waals surface area contributed by atoms with E-state index in [1.165, 1.54) is 6.07 Å². The van der Waals surface area contributed by atoms with Gasteiger partial charge in [0.1, 0.15) is 11.3 Å². The van der Waals surface area contributed by atoms with E-state index < -0.39 is 11.7 Å². The molecule has 39 heavy (non-hydrogen) atoms. The molecule has 1 N–H and O–H groups in total. The molecule has 9 heteroatoms. The van der Waals surface area contributed by atoms with Crippen molar-refractivity contribution >= 4 is 27.8 Å². The topological polar surface area (TPSA) is 66.8 Å². The number of hydrogen-bond donors (Lipinski definition) is 1. The molecule has 198 valence electrons. The van der Waals surface area contributed by atoms with E-state index in [1.54, 1.807) is 12.3 Å². The van der Waals surface area contributed by atoms with Gasteiger partial charge in [-0.3, -0.25) is 9.89 Å².